The highest BCUT2D eigenvalue weighted by atomic mass is 35.5. The Labute approximate surface area is 206 Å². The van der Waals surface area contributed by atoms with Crippen LogP contribution in [0.3, 0.4) is 0 Å². The number of para-hydroxylation sites is 1. The Bertz CT molecular complexity index is 1230. The number of rotatable bonds is 6. The molecule has 0 aliphatic carbocycles. The van der Waals surface area contributed by atoms with Crippen molar-refractivity contribution in [2.45, 2.75) is 20.0 Å². The van der Waals surface area contributed by atoms with Crippen LogP contribution >= 0.6 is 34.3 Å². The third-order valence-electron chi connectivity index (χ3n) is 5.66. The zero-order valence-corrected chi connectivity index (χ0v) is 20.7. The first kappa shape index (κ1) is 22.4. The summed E-state index contributed by atoms with van der Waals surface area (Å²) < 4.78 is 1.25. The van der Waals surface area contributed by atoms with E-state index in [0.29, 0.717) is 10.2 Å². The number of benzene rings is 2. The van der Waals surface area contributed by atoms with Gasteiger partial charge in [-0.3, -0.25) is 19.5 Å². The molecule has 0 N–H and O–H groups in total. The van der Waals surface area contributed by atoms with Gasteiger partial charge >= 0.3 is 0 Å². The van der Waals surface area contributed by atoms with Crippen LogP contribution in [0.2, 0.25) is 5.02 Å². The summed E-state index contributed by atoms with van der Waals surface area (Å²) in [5.74, 6) is -0.0818. The highest BCUT2D eigenvalue weighted by Gasteiger charge is 2.21. The maximum atomic E-state index is 12.3. The topological polar surface area (TPSA) is 52.6 Å². The van der Waals surface area contributed by atoms with Crippen LogP contribution in [-0.2, 0) is 17.9 Å². The van der Waals surface area contributed by atoms with Gasteiger partial charge in [0.25, 0.3) is 0 Å². The molecule has 0 unspecified atom stereocenters. The minimum absolute atomic E-state index is 0.0818. The molecule has 1 aliphatic heterocycles. The molecule has 5 rings (SSSR count). The van der Waals surface area contributed by atoms with Crippen LogP contribution in [-0.4, -0.2) is 51.9 Å². The molecule has 6 nitrogen and oxygen atoms in total. The summed E-state index contributed by atoms with van der Waals surface area (Å²) in [6, 6.07) is 15.6. The Hall–Kier alpha value is -2.36. The summed E-state index contributed by atoms with van der Waals surface area (Å²) in [5.41, 5.74) is 2.81. The third kappa shape index (κ3) is 5.26. The molecule has 0 bridgehead atoms. The lowest BCUT2D eigenvalue weighted by Crippen LogP contribution is -2.45. The lowest BCUT2D eigenvalue weighted by molar-refractivity contribution is -0.115. The highest BCUT2D eigenvalue weighted by molar-refractivity contribution is 7.18. The van der Waals surface area contributed by atoms with Gasteiger partial charge in [-0.2, -0.15) is 0 Å². The molecule has 4 aromatic rings. The smallest absolute Gasteiger partial charge is 0.230 e. The number of aromatic nitrogens is 2. The summed E-state index contributed by atoms with van der Waals surface area (Å²) in [6.45, 7) is 7.23. The Morgan fingerprint density at radius 1 is 1.03 bits per heavy atom. The van der Waals surface area contributed by atoms with Crippen molar-refractivity contribution in [3.05, 3.63) is 69.6 Å². The van der Waals surface area contributed by atoms with Crippen LogP contribution in [0.25, 0.3) is 10.2 Å². The zero-order chi connectivity index (χ0) is 22.8. The number of fused-ring (bicyclic) bond motifs is 1. The van der Waals surface area contributed by atoms with Gasteiger partial charge in [0.2, 0.25) is 5.91 Å². The zero-order valence-electron chi connectivity index (χ0n) is 18.3. The van der Waals surface area contributed by atoms with Gasteiger partial charge in [-0.05, 0) is 30.3 Å². The molecule has 33 heavy (non-hydrogen) atoms. The molecule has 0 spiro atoms. The van der Waals surface area contributed by atoms with Crippen molar-refractivity contribution in [1.29, 1.82) is 0 Å². The lowest BCUT2D eigenvalue weighted by Gasteiger charge is -2.33. The first-order valence-corrected chi connectivity index (χ1v) is 12.9. The van der Waals surface area contributed by atoms with Crippen molar-refractivity contribution >= 4 is 61.2 Å². The van der Waals surface area contributed by atoms with Crippen molar-refractivity contribution in [3.63, 3.8) is 0 Å². The van der Waals surface area contributed by atoms with Crippen molar-refractivity contribution in [2.24, 2.45) is 0 Å². The van der Waals surface area contributed by atoms with Crippen LogP contribution in [0.15, 0.2) is 53.9 Å². The van der Waals surface area contributed by atoms with Crippen LogP contribution in [0.5, 0.6) is 0 Å². The quantitative estimate of drug-likeness (QED) is 0.356. The summed E-state index contributed by atoms with van der Waals surface area (Å²) >= 11 is 9.40. The number of carbonyl (C=O) groups is 1. The number of amides is 1. The summed E-state index contributed by atoms with van der Waals surface area (Å²) in [7, 11) is 0. The number of carbonyl (C=O) groups excluding carboxylic acids is 1. The van der Waals surface area contributed by atoms with Crippen molar-refractivity contribution < 1.29 is 4.79 Å². The third-order valence-corrected chi connectivity index (χ3v) is 7.79. The first-order valence-electron chi connectivity index (χ1n) is 10.8. The van der Waals surface area contributed by atoms with Crippen LogP contribution in [0.1, 0.15) is 17.6 Å². The van der Waals surface area contributed by atoms with E-state index in [1.165, 1.54) is 21.0 Å². The Balaban J connectivity index is 1.18. The SMILES string of the molecule is CC(=O)N(c1cccc(Cl)c1)c1nc(CN2CCN(Cc3nc4ccccc4s3)CC2)cs1. The van der Waals surface area contributed by atoms with Crippen molar-refractivity contribution in [2.75, 3.05) is 31.1 Å². The summed E-state index contributed by atoms with van der Waals surface area (Å²) in [4.78, 5) is 28.4. The predicted molar refractivity (Wildman–Crippen MR) is 137 cm³/mol. The minimum atomic E-state index is -0.0818. The van der Waals surface area contributed by atoms with Gasteiger partial charge in [0, 0.05) is 50.1 Å². The second-order valence-corrected chi connectivity index (χ2v) is 10.5. The van der Waals surface area contributed by atoms with Crippen LogP contribution < -0.4 is 4.90 Å². The highest BCUT2D eigenvalue weighted by Crippen LogP contribution is 2.31. The fraction of sp³-hybridized carbons (Fsp3) is 0.292. The fourth-order valence-electron chi connectivity index (χ4n) is 4.03. The fourth-order valence-corrected chi connectivity index (χ4v) is 6.10. The second-order valence-electron chi connectivity index (χ2n) is 8.08. The van der Waals surface area contributed by atoms with E-state index in [4.69, 9.17) is 21.6 Å². The van der Waals surface area contributed by atoms with E-state index in [2.05, 4.69) is 28.0 Å². The van der Waals surface area contributed by atoms with Crippen molar-refractivity contribution in [3.8, 4) is 0 Å². The van der Waals surface area contributed by atoms with Crippen LogP contribution in [0, 0.1) is 0 Å². The van der Waals surface area contributed by atoms with E-state index < -0.39 is 0 Å². The van der Waals surface area contributed by atoms with Gasteiger partial charge < -0.3 is 0 Å². The first-order chi connectivity index (χ1) is 16.0. The molecule has 0 radical (unpaired) electrons. The molecule has 1 fully saturated rings. The lowest BCUT2D eigenvalue weighted by atomic mass is 10.3. The molecule has 2 aromatic heterocycles. The maximum Gasteiger partial charge on any atom is 0.230 e. The average Bonchev–Trinajstić information content (AvgIpc) is 3.41. The number of hydrogen-bond acceptors (Lipinski definition) is 7. The number of anilines is 2. The van der Waals surface area contributed by atoms with Gasteiger partial charge in [0.05, 0.1) is 28.1 Å². The molecule has 9 heteroatoms. The number of halogens is 1. The van der Waals surface area contributed by atoms with Gasteiger partial charge in [0.15, 0.2) is 5.13 Å². The van der Waals surface area contributed by atoms with Crippen LogP contribution in [0.4, 0.5) is 10.8 Å². The van der Waals surface area contributed by atoms with Gasteiger partial charge in [-0.25, -0.2) is 9.97 Å². The second kappa shape index (κ2) is 9.87. The van der Waals surface area contributed by atoms with Gasteiger partial charge in [-0.15, -0.1) is 22.7 Å². The van der Waals surface area contributed by atoms with Crippen molar-refractivity contribution in [1.82, 2.24) is 19.8 Å². The van der Waals surface area contributed by atoms with Gasteiger partial charge in [0.1, 0.15) is 5.01 Å². The molecule has 0 saturated carbocycles. The largest absolute Gasteiger partial charge is 0.295 e. The van der Waals surface area contributed by atoms with E-state index in [-0.39, 0.29) is 5.91 Å². The monoisotopic (exact) mass is 497 g/mol. The van der Waals surface area contributed by atoms with E-state index in [9.17, 15) is 4.79 Å². The van der Waals surface area contributed by atoms with E-state index in [1.54, 1.807) is 35.3 Å². The van der Waals surface area contributed by atoms with Gasteiger partial charge in [-0.1, -0.05) is 29.8 Å². The van der Waals surface area contributed by atoms with E-state index in [0.717, 1.165) is 56.2 Å². The Morgan fingerprint density at radius 3 is 2.52 bits per heavy atom. The number of hydrogen-bond donors (Lipinski definition) is 0. The molecular weight excluding hydrogens is 474 g/mol. The molecule has 1 amide bonds. The number of piperazine rings is 1. The Kier molecular flexibility index (Phi) is 6.71. The molecule has 3 heterocycles. The predicted octanol–water partition coefficient (Wildman–Crippen LogP) is 5.41. The molecule has 170 valence electrons. The molecule has 0 atom stereocenters. The molecule has 2 aromatic carbocycles. The normalized spacial score (nSPS) is 15.2. The standard InChI is InChI=1S/C24H24ClN5OS2/c1-17(31)30(20-6-4-5-18(25)13-20)24-26-19(16-32-24)14-28-9-11-29(12-10-28)15-23-27-21-7-2-3-8-22(21)33-23/h2-8,13,16H,9-12,14-15H2,1H3. The summed E-state index contributed by atoms with van der Waals surface area (Å²) in [6.07, 6.45) is 0. The van der Waals surface area contributed by atoms with E-state index in [1.807, 2.05) is 23.6 Å². The summed E-state index contributed by atoms with van der Waals surface area (Å²) in [5, 5.41) is 4.50. The Morgan fingerprint density at radius 2 is 1.79 bits per heavy atom. The number of nitrogens with zero attached hydrogens (tertiary/aromatic N) is 5. The molecule has 1 saturated heterocycles. The molecule has 1 aliphatic rings. The number of thiazole rings is 2. The molecular formula is C24H24ClN5OS2. The van der Waals surface area contributed by atoms with E-state index >= 15 is 0 Å². The maximum absolute atomic E-state index is 12.3. The average molecular weight is 498 g/mol. The minimum Gasteiger partial charge on any atom is -0.295 e.